The summed E-state index contributed by atoms with van der Waals surface area (Å²) in [4.78, 5) is 0. The molecule has 2 nitrogen and oxygen atoms in total. The van der Waals surface area contributed by atoms with Gasteiger partial charge in [0.2, 0.25) is 0 Å². The zero-order valence-electron chi connectivity index (χ0n) is 19.5. The van der Waals surface area contributed by atoms with Gasteiger partial charge in [0, 0.05) is 0 Å². The second-order valence-corrected chi connectivity index (χ2v) is 10.0. The van der Waals surface area contributed by atoms with Crippen LogP contribution in [0.25, 0.3) is 0 Å². The van der Waals surface area contributed by atoms with Gasteiger partial charge in [-0.15, -0.1) is 0 Å². The highest BCUT2D eigenvalue weighted by Gasteiger charge is 2.15. The molecule has 5 unspecified atom stereocenters. The predicted octanol–water partition coefficient (Wildman–Crippen LogP) is 7.14. The third kappa shape index (κ3) is 16.3. The minimum Gasteiger partial charge on any atom is -0.393 e. The van der Waals surface area contributed by atoms with Crippen molar-refractivity contribution >= 4 is 0 Å². The van der Waals surface area contributed by atoms with E-state index in [1.54, 1.807) is 0 Å². The molecule has 0 radical (unpaired) electrons. The van der Waals surface area contributed by atoms with E-state index in [2.05, 4.69) is 46.8 Å². The predicted molar refractivity (Wildman–Crippen MR) is 120 cm³/mol. The molecule has 0 bridgehead atoms. The van der Waals surface area contributed by atoms with Crippen molar-refractivity contribution < 1.29 is 10.2 Å². The Morgan fingerprint density at radius 3 is 1.93 bits per heavy atom. The Hall–Kier alpha value is -0.340. The van der Waals surface area contributed by atoms with E-state index in [9.17, 15) is 10.2 Å². The summed E-state index contributed by atoms with van der Waals surface area (Å²) in [6.45, 7) is 15.1. The van der Waals surface area contributed by atoms with E-state index < -0.39 is 5.60 Å². The maximum atomic E-state index is 10.4. The molecule has 0 fully saturated rings. The lowest BCUT2D eigenvalue weighted by molar-refractivity contribution is 0.0668. The average molecular weight is 383 g/mol. The molecule has 162 valence electrons. The lowest BCUT2D eigenvalue weighted by atomic mass is 9.90. The molecular formula is C25H50O2. The second-order valence-electron chi connectivity index (χ2n) is 10.0. The molecular weight excluding hydrogens is 332 g/mol. The minimum atomic E-state index is -0.518. The summed E-state index contributed by atoms with van der Waals surface area (Å²) < 4.78 is 0. The fraction of sp³-hybridized carbons (Fsp3) is 0.920. The van der Waals surface area contributed by atoms with Crippen molar-refractivity contribution in [3.63, 3.8) is 0 Å². The molecule has 0 aliphatic rings. The fourth-order valence-corrected chi connectivity index (χ4v) is 3.53. The van der Waals surface area contributed by atoms with E-state index in [4.69, 9.17) is 0 Å². The molecule has 27 heavy (non-hydrogen) atoms. The van der Waals surface area contributed by atoms with Gasteiger partial charge in [0.25, 0.3) is 0 Å². The maximum Gasteiger partial charge on any atom is 0.0600 e. The van der Waals surface area contributed by atoms with Gasteiger partial charge < -0.3 is 10.2 Å². The smallest absolute Gasteiger partial charge is 0.0600 e. The number of aliphatic hydroxyl groups is 2. The van der Waals surface area contributed by atoms with E-state index in [1.807, 2.05) is 13.8 Å². The summed E-state index contributed by atoms with van der Waals surface area (Å²) >= 11 is 0. The molecule has 0 aromatic heterocycles. The first-order valence-corrected chi connectivity index (χ1v) is 11.6. The highest BCUT2D eigenvalue weighted by molar-refractivity contribution is 4.90. The normalized spacial score (nSPS) is 18.4. The number of rotatable bonds is 16. The quantitative estimate of drug-likeness (QED) is 0.278. The fourth-order valence-electron chi connectivity index (χ4n) is 3.53. The highest BCUT2D eigenvalue weighted by Crippen LogP contribution is 2.23. The highest BCUT2D eigenvalue weighted by atomic mass is 16.3. The monoisotopic (exact) mass is 382 g/mol. The van der Waals surface area contributed by atoms with Crippen molar-refractivity contribution in [1.29, 1.82) is 0 Å². The van der Waals surface area contributed by atoms with Crippen LogP contribution in [0.2, 0.25) is 0 Å². The molecule has 0 rings (SSSR count). The Morgan fingerprint density at radius 1 is 0.815 bits per heavy atom. The van der Waals surface area contributed by atoms with Crippen LogP contribution in [0.15, 0.2) is 12.2 Å². The zero-order valence-corrected chi connectivity index (χ0v) is 19.5. The summed E-state index contributed by atoms with van der Waals surface area (Å²) in [7, 11) is 0. The number of hydrogen-bond acceptors (Lipinski definition) is 2. The topological polar surface area (TPSA) is 40.5 Å². The Morgan fingerprint density at radius 2 is 1.37 bits per heavy atom. The van der Waals surface area contributed by atoms with Gasteiger partial charge in [-0.1, -0.05) is 85.3 Å². The third-order valence-electron chi connectivity index (χ3n) is 6.12. The molecule has 0 heterocycles. The van der Waals surface area contributed by atoms with Crippen molar-refractivity contribution in [2.45, 2.75) is 124 Å². The van der Waals surface area contributed by atoms with Crippen LogP contribution >= 0.6 is 0 Å². The maximum absolute atomic E-state index is 10.4. The van der Waals surface area contributed by atoms with Crippen LogP contribution in [0.4, 0.5) is 0 Å². The van der Waals surface area contributed by atoms with Crippen LogP contribution in [0.3, 0.4) is 0 Å². The van der Waals surface area contributed by atoms with Crippen molar-refractivity contribution in [3.8, 4) is 0 Å². The first kappa shape index (κ1) is 26.7. The van der Waals surface area contributed by atoms with Gasteiger partial charge in [0.05, 0.1) is 11.7 Å². The summed E-state index contributed by atoms with van der Waals surface area (Å²) in [5.74, 6) is 2.44. The van der Waals surface area contributed by atoms with E-state index in [0.717, 1.165) is 43.9 Å². The van der Waals surface area contributed by atoms with Gasteiger partial charge in [0.15, 0.2) is 0 Å². The molecule has 0 amide bonds. The van der Waals surface area contributed by atoms with Gasteiger partial charge >= 0.3 is 0 Å². The first-order valence-electron chi connectivity index (χ1n) is 11.6. The van der Waals surface area contributed by atoms with Gasteiger partial charge in [-0.2, -0.15) is 0 Å². The Kier molecular flexibility index (Phi) is 14.4. The van der Waals surface area contributed by atoms with Crippen molar-refractivity contribution in [2.75, 3.05) is 0 Å². The number of allylic oxidation sites excluding steroid dienone is 1. The average Bonchev–Trinajstić information content (AvgIpc) is 2.58. The molecule has 0 aromatic rings. The van der Waals surface area contributed by atoms with E-state index in [-0.39, 0.29) is 12.0 Å². The van der Waals surface area contributed by atoms with E-state index in [1.165, 1.54) is 32.1 Å². The molecule has 0 aliphatic carbocycles. The summed E-state index contributed by atoms with van der Waals surface area (Å²) in [5.41, 5.74) is -0.518. The molecule has 0 aliphatic heterocycles. The summed E-state index contributed by atoms with van der Waals surface area (Å²) in [6, 6.07) is 0. The minimum absolute atomic E-state index is 0.207. The van der Waals surface area contributed by atoms with E-state index >= 15 is 0 Å². The standard InChI is InChI=1S/C25H50O2/c1-8-20(2)12-10-16-23(5)24(26)18-17-22(4)14-9-13-21(3)15-11-19-25(6,7)27/h10,16,20-24,26-27H,8-9,11-15,17-19H2,1-7H3. The first-order chi connectivity index (χ1) is 12.5. The van der Waals surface area contributed by atoms with Crippen molar-refractivity contribution in [3.05, 3.63) is 12.2 Å². The van der Waals surface area contributed by atoms with Crippen LogP contribution in [-0.2, 0) is 0 Å². The number of aliphatic hydroxyl groups excluding tert-OH is 1. The second kappa shape index (κ2) is 14.6. The number of hydrogen-bond donors (Lipinski definition) is 2. The van der Waals surface area contributed by atoms with Crippen LogP contribution in [0.5, 0.6) is 0 Å². The Balaban J connectivity index is 3.84. The summed E-state index contributed by atoms with van der Waals surface area (Å²) in [6.07, 6.45) is 15.7. The molecule has 5 atom stereocenters. The molecule has 0 saturated carbocycles. The lowest BCUT2D eigenvalue weighted by Crippen LogP contribution is -2.18. The van der Waals surface area contributed by atoms with Crippen LogP contribution in [-0.4, -0.2) is 21.9 Å². The van der Waals surface area contributed by atoms with Crippen LogP contribution in [0, 0.1) is 23.7 Å². The molecule has 0 aromatic carbocycles. The van der Waals surface area contributed by atoms with Crippen molar-refractivity contribution in [2.24, 2.45) is 23.7 Å². The van der Waals surface area contributed by atoms with Gasteiger partial charge in [0.1, 0.15) is 0 Å². The molecule has 0 spiro atoms. The van der Waals surface area contributed by atoms with Crippen LogP contribution < -0.4 is 0 Å². The van der Waals surface area contributed by atoms with Crippen LogP contribution in [0.1, 0.15) is 113 Å². The molecule has 0 saturated heterocycles. The van der Waals surface area contributed by atoms with E-state index in [0.29, 0.717) is 5.92 Å². The largest absolute Gasteiger partial charge is 0.393 e. The third-order valence-corrected chi connectivity index (χ3v) is 6.12. The Bertz CT molecular complexity index is 369. The SMILES string of the molecule is CCC(C)CC=CC(C)C(O)CCC(C)CCCC(C)CCCC(C)(C)O. The lowest BCUT2D eigenvalue weighted by Gasteiger charge is -2.20. The molecule has 2 heteroatoms. The summed E-state index contributed by atoms with van der Waals surface area (Å²) in [5, 5.41) is 20.2. The molecule has 2 N–H and O–H groups in total. The van der Waals surface area contributed by atoms with Gasteiger partial charge in [-0.25, -0.2) is 0 Å². The van der Waals surface area contributed by atoms with Gasteiger partial charge in [-0.3, -0.25) is 0 Å². The zero-order chi connectivity index (χ0) is 20.9. The van der Waals surface area contributed by atoms with Gasteiger partial charge in [-0.05, 0) is 63.2 Å². The Labute approximate surface area is 170 Å². The van der Waals surface area contributed by atoms with Crippen molar-refractivity contribution in [1.82, 2.24) is 0 Å².